The number of halogens is 4. The molecule has 0 radical (unpaired) electrons. The summed E-state index contributed by atoms with van der Waals surface area (Å²) in [5.74, 6) is -0.849. The van der Waals surface area contributed by atoms with Gasteiger partial charge < -0.3 is 20.1 Å². The summed E-state index contributed by atoms with van der Waals surface area (Å²) in [7, 11) is 2.09. The largest absolute Gasteiger partial charge is 0.381 e. The van der Waals surface area contributed by atoms with Gasteiger partial charge in [0.15, 0.2) is 0 Å². The molecule has 6 nitrogen and oxygen atoms in total. The number of nitrogens with zero attached hydrogens (tertiary/aromatic N) is 2. The Bertz CT molecular complexity index is 1310. The third kappa shape index (κ3) is 4.03. The zero-order valence-corrected chi connectivity index (χ0v) is 21.4. The van der Waals surface area contributed by atoms with Gasteiger partial charge in [0.1, 0.15) is 11.5 Å². The summed E-state index contributed by atoms with van der Waals surface area (Å²) in [6, 6.07) is 4.34. The van der Waals surface area contributed by atoms with Crippen LogP contribution >= 0.6 is 0 Å². The summed E-state index contributed by atoms with van der Waals surface area (Å²) in [6.07, 6.45) is 1.37. The van der Waals surface area contributed by atoms with Gasteiger partial charge in [0.25, 0.3) is 17.9 Å². The van der Waals surface area contributed by atoms with Crippen LogP contribution in [0.3, 0.4) is 0 Å². The molecule has 1 unspecified atom stereocenters. The molecule has 1 aromatic heterocycles. The van der Waals surface area contributed by atoms with Gasteiger partial charge in [-0.25, -0.2) is 17.6 Å². The first kappa shape index (κ1) is 25.4. The molecule has 2 N–H and O–H groups in total. The fourth-order valence-electron chi connectivity index (χ4n) is 7.37. The lowest BCUT2D eigenvalue weighted by Gasteiger charge is -2.66. The lowest BCUT2D eigenvalue weighted by molar-refractivity contribution is -0.199. The van der Waals surface area contributed by atoms with Crippen molar-refractivity contribution in [2.45, 2.75) is 68.7 Å². The number of amides is 1. The van der Waals surface area contributed by atoms with Gasteiger partial charge in [0.2, 0.25) is 0 Å². The molecule has 4 aliphatic carbocycles. The van der Waals surface area contributed by atoms with Crippen LogP contribution in [-0.4, -0.2) is 47.2 Å². The van der Waals surface area contributed by atoms with Crippen molar-refractivity contribution in [1.29, 1.82) is 0 Å². The molecule has 5 aliphatic rings. The molecule has 7 rings (SSSR count). The molecule has 2 heterocycles. The number of hydrogen-bond donors (Lipinski definition) is 2. The van der Waals surface area contributed by atoms with E-state index < -0.39 is 41.0 Å². The van der Waals surface area contributed by atoms with E-state index in [0.29, 0.717) is 17.5 Å². The summed E-state index contributed by atoms with van der Waals surface area (Å²) in [5.41, 5.74) is -2.31. The number of nitrogens with one attached hydrogen (secondary N) is 2. The van der Waals surface area contributed by atoms with Crippen molar-refractivity contribution in [3.63, 3.8) is 0 Å². The minimum atomic E-state index is -2.98. The molecule has 4 bridgehead atoms. The molecule has 1 saturated heterocycles. The Kier molecular flexibility index (Phi) is 5.90. The van der Waals surface area contributed by atoms with Crippen molar-refractivity contribution in [1.82, 2.24) is 14.8 Å². The zero-order chi connectivity index (χ0) is 27.0. The van der Waals surface area contributed by atoms with Crippen molar-refractivity contribution in [2.75, 3.05) is 25.5 Å². The fourth-order valence-corrected chi connectivity index (χ4v) is 7.37. The van der Waals surface area contributed by atoms with Crippen molar-refractivity contribution in [3.8, 4) is 0 Å². The van der Waals surface area contributed by atoms with Crippen molar-refractivity contribution in [2.24, 2.45) is 11.8 Å². The number of aromatic nitrogens is 1. The lowest BCUT2D eigenvalue weighted by Crippen LogP contribution is -2.71. The van der Waals surface area contributed by atoms with Gasteiger partial charge in [-0.2, -0.15) is 0 Å². The molecule has 1 amide bonds. The molecule has 4 atom stereocenters. The van der Waals surface area contributed by atoms with Gasteiger partial charge in [-0.05, 0) is 38.6 Å². The van der Waals surface area contributed by atoms with E-state index in [9.17, 15) is 27.2 Å². The van der Waals surface area contributed by atoms with E-state index in [1.165, 1.54) is 35.9 Å². The highest BCUT2D eigenvalue weighted by Crippen LogP contribution is 2.67. The Morgan fingerprint density at radius 1 is 1.11 bits per heavy atom. The van der Waals surface area contributed by atoms with Gasteiger partial charge >= 0.3 is 0 Å². The molecule has 4 saturated carbocycles. The van der Waals surface area contributed by atoms with E-state index in [1.807, 2.05) is 0 Å². The fraction of sp³-hybridized carbons (Fsp3) is 0.571. The van der Waals surface area contributed by atoms with Crippen LogP contribution in [0.5, 0.6) is 0 Å². The van der Waals surface area contributed by atoms with Crippen LogP contribution < -0.4 is 16.2 Å². The quantitative estimate of drug-likeness (QED) is 0.505. The van der Waals surface area contributed by atoms with E-state index in [1.54, 1.807) is 0 Å². The molecular weight excluding hydrogens is 500 g/mol. The summed E-state index contributed by atoms with van der Waals surface area (Å²) < 4.78 is 57.0. The number of piperidine rings is 1. The first-order chi connectivity index (χ1) is 18.0. The predicted molar refractivity (Wildman–Crippen MR) is 135 cm³/mol. The predicted octanol–water partition coefficient (Wildman–Crippen LogP) is 4.77. The number of carbonyl (C=O) groups excluding carboxylic acids is 1. The smallest absolute Gasteiger partial charge is 0.266 e. The Balaban J connectivity index is 1.32. The number of likely N-dealkylation sites (tertiary alicyclic amines) is 1. The molecule has 1 aliphatic heterocycles. The van der Waals surface area contributed by atoms with Crippen LogP contribution in [0, 0.1) is 17.7 Å². The Morgan fingerprint density at radius 2 is 1.74 bits per heavy atom. The molecular formula is C28H32F4N4O2. The molecule has 38 heavy (non-hydrogen) atoms. The summed E-state index contributed by atoms with van der Waals surface area (Å²) >= 11 is 0. The number of alkyl halides is 3. The van der Waals surface area contributed by atoms with E-state index in [-0.39, 0.29) is 42.0 Å². The van der Waals surface area contributed by atoms with Gasteiger partial charge in [0, 0.05) is 56.2 Å². The lowest BCUT2D eigenvalue weighted by atomic mass is 9.47. The average molecular weight is 533 g/mol. The topological polar surface area (TPSA) is 66.4 Å². The van der Waals surface area contributed by atoms with Crippen molar-refractivity contribution >= 4 is 11.6 Å². The maximum absolute atomic E-state index is 14.8. The normalized spacial score (nSPS) is 32.4. The minimum Gasteiger partial charge on any atom is -0.381 e. The summed E-state index contributed by atoms with van der Waals surface area (Å²) in [5, 5.41) is 6.22. The number of rotatable bonds is 7. The van der Waals surface area contributed by atoms with E-state index in [4.69, 9.17) is 0 Å². The average Bonchev–Trinajstić information content (AvgIpc) is 3.04. The van der Waals surface area contributed by atoms with Gasteiger partial charge in [-0.3, -0.25) is 9.59 Å². The van der Waals surface area contributed by atoms with Crippen LogP contribution in [0.15, 0.2) is 35.3 Å². The second-order valence-electron chi connectivity index (χ2n) is 11.9. The second-order valence-corrected chi connectivity index (χ2v) is 11.9. The van der Waals surface area contributed by atoms with Crippen LogP contribution in [0.4, 0.5) is 23.2 Å². The highest BCUT2D eigenvalue weighted by atomic mass is 19.3. The standard InChI is InChI=1S/C28H32F4N4O2/c1-15(18-4-3-5-19(23(18)29)25(30)31)33-26(38)20-11-36(28-12-27(32,13-28)14-28)22(37)8-21(20)34-24-16-6-7-17(24)10-35(2)9-16/h3-5,8,11,15-17,24-25,34H,6-7,9-10,12-14H2,1-2H3,(H,33,38)/t15-,16-,17+,24?,27?,28?/m1/s1. The Labute approximate surface area is 218 Å². The molecule has 1 aromatic carbocycles. The van der Waals surface area contributed by atoms with E-state index >= 15 is 0 Å². The zero-order valence-electron chi connectivity index (χ0n) is 21.4. The van der Waals surface area contributed by atoms with Crippen LogP contribution in [0.2, 0.25) is 0 Å². The SMILES string of the molecule is C[C@@H](NC(=O)c1cn(C23CC(F)(C2)C3)c(=O)cc1NC1[C@@H]2CC[C@H]1CN(C)C2)c1cccc(C(F)F)c1F. The number of benzene rings is 1. The number of hydrogen-bond acceptors (Lipinski definition) is 4. The number of anilines is 1. The van der Waals surface area contributed by atoms with Gasteiger partial charge in [0.05, 0.1) is 28.4 Å². The molecule has 10 heteroatoms. The molecule has 5 fully saturated rings. The second kappa shape index (κ2) is 8.83. The summed E-state index contributed by atoms with van der Waals surface area (Å²) in [6.45, 7) is 3.37. The van der Waals surface area contributed by atoms with Crippen molar-refractivity contribution in [3.05, 3.63) is 63.3 Å². The summed E-state index contributed by atoms with van der Waals surface area (Å²) in [4.78, 5) is 29.1. The first-order valence-corrected chi connectivity index (χ1v) is 13.3. The third-order valence-corrected chi connectivity index (χ3v) is 9.19. The molecule has 2 aromatic rings. The maximum Gasteiger partial charge on any atom is 0.266 e. The third-order valence-electron chi connectivity index (χ3n) is 9.19. The number of carbonyl (C=O) groups is 1. The van der Waals surface area contributed by atoms with Crippen molar-refractivity contribution < 1.29 is 22.4 Å². The van der Waals surface area contributed by atoms with E-state index in [2.05, 4.69) is 22.6 Å². The molecule has 0 spiro atoms. The Morgan fingerprint density at radius 3 is 2.34 bits per heavy atom. The highest BCUT2D eigenvalue weighted by Gasteiger charge is 2.70. The highest BCUT2D eigenvalue weighted by molar-refractivity contribution is 5.99. The number of fused-ring (bicyclic) bond motifs is 2. The van der Waals surface area contributed by atoms with Crippen LogP contribution in [0.25, 0.3) is 0 Å². The molecule has 204 valence electrons. The monoisotopic (exact) mass is 532 g/mol. The minimum absolute atomic E-state index is 0.0499. The van der Waals surface area contributed by atoms with Crippen LogP contribution in [-0.2, 0) is 5.54 Å². The number of pyridine rings is 1. The van der Waals surface area contributed by atoms with Crippen LogP contribution in [0.1, 0.15) is 73.0 Å². The first-order valence-electron chi connectivity index (χ1n) is 13.3. The maximum atomic E-state index is 14.8. The van der Waals surface area contributed by atoms with Gasteiger partial charge in [-0.15, -0.1) is 0 Å². The Hall–Kier alpha value is -2.88. The van der Waals surface area contributed by atoms with E-state index in [0.717, 1.165) is 32.0 Å². The van der Waals surface area contributed by atoms with Gasteiger partial charge in [-0.1, -0.05) is 18.2 Å².